The summed E-state index contributed by atoms with van der Waals surface area (Å²) in [6.45, 7) is 0.717. The Labute approximate surface area is 104 Å². The maximum absolute atomic E-state index is 6.15. The van der Waals surface area contributed by atoms with Crippen molar-refractivity contribution in [3.8, 4) is 11.1 Å². The van der Waals surface area contributed by atoms with Crippen LogP contribution >= 0.6 is 23.2 Å². The maximum Gasteiger partial charge on any atom is 0.0569 e. The number of H-pyrrole nitrogens is 1. The Bertz CT molecular complexity index is 494. The number of aromatic amines is 1. The fourth-order valence-corrected chi connectivity index (χ4v) is 2.07. The van der Waals surface area contributed by atoms with Crippen molar-refractivity contribution in [3.05, 3.63) is 40.1 Å². The minimum Gasteiger partial charge on any atom is -0.314 e. The first-order valence-electron chi connectivity index (χ1n) is 4.84. The SMILES string of the molecule is CNCc1[nH]ncc1-c1ccc(Cl)cc1Cl. The normalized spacial score (nSPS) is 10.7. The number of aromatic nitrogens is 2. The van der Waals surface area contributed by atoms with Gasteiger partial charge in [-0.3, -0.25) is 5.10 Å². The van der Waals surface area contributed by atoms with E-state index < -0.39 is 0 Å². The van der Waals surface area contributed by atoms with Crippen molar-refractivity contribution in [1.82, 2.24) is 15.5 Å². The van der Waals surface area contributed by atoms with Gasteiger partial charge in [-0.05, 0) is 19.2 Å². The molecule has 16 heavy (non-hydrogen) atoms. The van der Waals surface area contributed by atoms with E-state index in [1.54, 1.807) is 12.3 Å². The van der Waals surface area contributed by atoms with Crippen molar-refractivity contribution in [2.75, 3.05) is 7.05 Å². The smallest absolute Gasteiger partial charge is 0.0569 e. The van der Waals surface area contributed by atoms with Crippen molar-refractivity contribution < 1.29 is 0 Å². The van der Waals surface area contributed by atoms with Crippen LogP contribution in [0.25, 0.3) is 11.1 Å². The summed E-state index contributed by atoms with van der Waals surface area (Å²) in [5.74, 6) is 0. The number of nitrogens with one attached hydrogen (secondary N) is 2. The Balaban J connectivity index is 2.46. The predicted octanol–water partition coefficient (Wildman–Crippen LogP) is 3.10. The third-order valence-electron chi connectivity index (χ3n) is 2.29. The molecule has 0 aliphatic heterocycles. The van der Waals surface area contributed by atoms with Gasteiger partial charge in [-0.15, -0.1) is 0 Å². The van der Waals surface area contributed by atoms with Crippen LogP contribution in [0.5, 0.6) is 0 Å². The highest BCUT2D eigenvalue weighted by molar-refractivity contribution is 6.36. The monoisotopic (exact) mass is 255 g/mol. The highest BCUT2D eigenvalue weighted by Gasteiger charge is 2.10. The zero-order valence-electron chi connectivity index (χ0n) is 8.72. The molecule has 0 fully saturated rings. The van der Waals surface area contributed by atoms with Crippen LogP contribution in [0, 0.1) is 0 Å². The van der Waals surface area contributed by atoms with Crippen molar-refractivity contribution in [1.29, 1.82) is 0 Å². The fourth-order valence-electron chi connectivity index (χ4n) is 1.56. The topological polar surface area (TPSA) is 40.7 Å². The van der Waals surface area contributed by atoms with Crippen LogP contribution in [0.15, 0.2) is 24.4 Å². The second-order valence-corrected chi connectivity index (χ2v) is 4.26. The Hall–Kier alpha value is -1.03. The van der Waals surface area contributed by atoms with Crippen molar-refractivity contribution in [2.45, 2.75) is 6.54 Å². The molecule has 2 rings (SSSR count). The molecule has 0 aliphatic carbocycles. The highest BCUT2D eigenvalue weighted by atomic mass is 35.5. The average molecular weight is 256 g/mol. The van der Waals surface area contributed by atoms with Crippen LogP contribution in [0.3, 0.4) is 0 Å². The van der Waals surface area contributed by atoms with E-state index in [-0.39, 0.29) is 0 Å². The van der Waals surface area contributed by atoms with Gasteiger partial charge in [0.05, 0.1) is 11.9 Å². The van der Waals surface area contributed by atoms with Gasteiger partial charge in [-0.25, -0.2) is 0 Å². The Morgan fingerprint density at radius 1 is 1.31 bits per heavy atom. The number of nitrogens with zero attached hydrogens (tertiary/aromatic N) is 1. The molecule has 0 bridgehead atoms. The van der Waals surface area contributed by atoms with Crippen molar-refractivity contribution in [3.63, 3.8) is 0 Å². The minimum atomic E-state index is 0.631. The van der Waals surface area contributed by atoms with E-state index in [1.807, 2.05) is 19.2 Å². The van der Waals surface area contributed by atoms with Crippen LogP contribution in [-0.2, 0) is 6.54 Å². The van der Waals surface area contributed by atoms with Crippen LogP contribution in [0.1, 0.15) is 5.69 Å². The molecule has 0 saturated heterocycles. The van der Waals surface area contributed by atoms with Crippen LogP contribution in [0.2, 0.25) is 10.0 Å². The number of halogens is 2. The second-order valence-electron chi connectivity index (χ2n) is 3.42. The summed E-state index contributed by atoms with van der Waals surface area (Å²) in [5.41, 5.74) is 2.94. The first-order chi connectivity index (χ1) is 7.72. The average Bonchev–Trinajstić information content (AvgIpc) is 2.67. The van der Waals surface area contributed by atoms with Gasteiger partial charge in [0, 0.05) is 27.7 Å². The van der Waals surface area contributed by atoms with E-state index >= 15 is 0 Å². The number of hydrogen-bond donors (Lipinski definition) is 2. The lowest BCUT2D eigenvalue weighted by atomic mass is 10.1. The van der Waals surface area contributed by atoms with Gasteiger partial charge in [-0.2, -0.15) is 5.10 Å². The van der Waals surface area contributed by atoms with Gasteiger partial charge in [0.25, 0.3) is 0 Å². The molecular weight excluding hydrogens is 245 g/mol. The molecule has 2 N–H and O–H groups in total. The van der Waals surface area contributed by atoms with Gasteiger partial charge >= 0.3 is 0 Å². The molecule has 0 radical (unpaired) electrons. The Morgan fingerprint density at radius 3 is 2.81 bits per heavy atom. The largest absolute Gasteiger partial charge is 0.314 e. The number of rotatable bonds is 3. The molecular formula is C11H11Cl2N3. The number of benzene rings is 1. The molecule has 0 saturated carbocycles. The first-order valence-corrected chi connectivity index (χ1v) is 5.60. The van der Waals surface area contributed by atoms with E-state index in [0.717, 1.165) is 16.8 Å². The lowest BCUT2D eigenvalue weighted by Crippen LogP contribution is -2.06. The predicted molar refractivity (Wildman–Crippen MR) is 66.8 cm³/mol. The molecule has 0 aliphatic rings. The molecule has 1 aromatic heterocycles. The summed E-state index contributed by atoms with van der Waals surface area (Å²) in [6.07, 6.45) is 1.77. The molecule has 84 valence electrons. The van der Waals surface area contributed by atoms with Gasteiger partial charge in [-0.1, -0.05) is 29.3 Å². The zero-order valence-corrected chi connectivity index (χ0v) is 10.2. The summed E-state index contributed by atoms with van der Waals surface area (Å²) >= 11 is 12.0. The summed E-state index contributed by atoms with van der Waals surface area (Å²) < 4.78 is 0. The molecule has 1 heterocycles. The molecule has 0 unspecified atom stereocenters. The molecule has 1 aromatic carbocycles. The molecule has 0 atom stereocenters. The lowest BCUT2D eigenvalue weighted by molar-refractivity contribution is 0.785. The van der Waals surface area contributed by atoms with Crippen LogP contribution in [0.4, 0.5) is 0 Å². The van der Waals surface area contributed by atoms with Gasteiger partial charge in [0.15, 0.2) is 0 Å². The number of hydrogen-bond acceptors (Lipinski definition) is 2. The van der Waals surface area contributed by atoms with E-state index in [9.17, 15) is 0 Å². The van der Waals surface area contributed by atoms with Gasteiger partial charge < -0.3 is 5.32 Å². The summed E-state index contributed by atoms with van der Waals surface area (Å²) in [7, 11) is 1.88. The van der Waals surface area contributed by atoms with E-state index in [2.05, 4.69) is 15.5 Å². The third kappa shape index (κ3) is 2.21. The van der Waals surface area contributed by atoms with E-state index in [0.29, 0.717) is 16.6 Å². The minimum absolute atomic E-state index is 0.631. The second kappa shape index (κ2) is 4.87. The maximum atomic E-state index is 6.15. The third-order valence-corrected chi connectivity index (χ3v) is 2.84. The molecule has 5 heteroatoms. The fraction of sp³-hybridized carbons (Fsp3) is 0.182. The van der Waals surface area contributed by atoms with Crippen LogP contribution in [-0.4, -0.2) is 17.2 Å². The molecule has 2 aromatic rings. The molecule has 3 nitrogen and oxygen atoms in total. The molecule has 0 spiro atoms. The Kier molecular flexibility index (Phi) is 3.49. The first kappa shape index (κ1) is 11.5. The summed E-state index contributed by atoms with van der Waals surface area (Å²) in [6, 6.07) is 5.45. The zero-order chi connectivity index (χ0) is 11.5. The van der Waals surface area contributed by atoms with Crippen LogP contribution < -0.4 is 5.32 Å². The van der Waals surface area contributed by atoms with E-state index in [1.165, 1.54) is 0 Å². The molecule has 0 amide bonds. The quantitative estimate of drug-likeness (QED) is 0.885. The highest BCUT2D eigenvalue weighted by Crippen LogP contribution is 2.31. The Morgan fingerprint density at radius 2 is 2.12 bits per heavy atom. The van der Waals surface area contributed by atoms with Gasteiger partial charge in [0.1, 0.15) is 0 Å². The standard InChI is InChI=1S/C11H11Cl2N3/c1-14-6-11-9(5-15-16-11)8-3-2-7(12)4-10(8)13/h2-5,14H,6H2,1H3,(H,15,16). The summed E-state index contributed by atoms with van der Waals surface area (Å²) in [5, 5.41) is 11.3. The van der Waals surface area contributed by atoms with Crippen molar-refractivity contribution >= 4 is 23.2 Å². The lowest BCUT2D eigenvalue weighted by Gasteiger charge is -2.05. The van der Waals surface area contributed by atoms with E-state index in [4.69, 9.17) is 23.2 Å². The summed E-state index contributed by atoms with van der Waals surface area (Å²) in [4.78, 5) is 0. The van der Waals surface area contributed by atoms with Crippen molar-refractivity contribution in [2.24, 2.45) is 0 Å². The van der Waals surface area contributed by atoms with Gasteiger partial charge in [0.2, 0.25) is 0 Å².